The number of hydrogen-bond donors (Lipinski definition) is 0. The monoisotopic (exact) mass is 315 g/mol. The second-order valence-corrected chi connectivity index (χ2v) is 6.99. The molecule has 3 rings (SSSR count). The van der Waals surface area contributed by atoms with E-state index in [1.165, 1.54) is 42.9 Å². The van der Waals surface area contributed by atoms with E-state index in [0.717, 1.165) is 24.6 Å². The average molecular weight is 315 g/mol. The van der Waals surface area contributed by atoms with Crippen LogP contribution < -0.4 is 0 Å². The second-order valence-electron chi connectivity index (χ2n) is 6.13. The molecule has 0 unspecified atom stereocenters. The zero-order chi connectivity index (χ0) is 15.4. The Kier molecular flexibility index (Phi) is 5.24. The van der Waals surface area contributed by atoms with Crippen molar-refractivity contribution < 1.29 is 0 Å². The summed E-state index contributed by atoms with van der Waals surface area (Å²) in [6, 6.07) is 8.65. The highest BCUT2D eigenvalue weighted by molar-refractivity contribution is 7.13. The largest absolute Gasteiger partial charge is 0.301 e. The Morgan fingerprint density at radius 2 is 1.73 bits per heavy atom. The molecule has 1 fully saturated rings. The molecule has 0 atom stereocenters. The van der Waals surface area contributed by atoms with Crippen LogP contribution in [0.5, 0.6) is 0 Å². The standard InChI is InChI=1S/C18H25N3S/c1-3-8-20-9-11-21(12-10-20)13-17-14-22-18(19-17)16-6-4-15(2)5-7-16/h4-7,14H,3,8-13H2,1-2H3. The lowest BCUT2D eigenvalue weighted by molar-refractivity contribution is 0.126. The lowest BCUT2D eigenvalue weighted by Gasteiger charge is -2.34. The van der Waals surface area contributed by atoms with Crippen LogP contribution in [0.25, 0.3) is 10.6 Å². The Morgan fingerprint density at radius 3 is 2.41 bits per heavy atom. The Morgan fingerprint density at radius 1 is 1.05 bits per heavy atom. The Labute approximate surface area is 137 Å². The van der Waals surface area contributed by atoms with E-state index >= 15 is 0 Å². The first kappa shape index (κ1) is 15.7. The highest BCUT2D eigenvalue weighted by Crippen LogP contribution is 2.24. The molecule has 0 saturated carbocycles. The normalized spacial score (nSPS) is 17.0. The fourth-order valence-corrected chi connectivity index (χ4v) is 3.74. The van der Waals surface area contributed by atoms with Crippen LogP contribution in [0, 0.1) is 6.92 Å². The third-order valence-corrected chi connectivity index (χ3v) is 5.18. The zero-order valence-electron chi connectivity index (χ0n) is 13.6. The molecule has 118 valence electrons. The molecule has 0 aliphatic carbocycles. The highest BCUT2D eigenvalue weighted by Gasteiger charge is 2.17. The van der Waals surface area contributed by atoms with Crippen molar-refractivity contribution in [2.75, 3.05) is 32.7 Å². The molecule has 1 aliphatic heterocycles. The number of piperazine rings is 1. The van der Waals surface area contributed by atoms with Gasteiger partial charge in [-0.25, -0.2) is 4.98 Å². The van der Waals surface area contributed by atoms with Crippen LogP contribution in [0.1, 0.15) is 24.6 Å². The summed E-state index contributed by atoms with van der Waals surface area (Å²) in [5.41, 5.74) is 3.74. The van der Waals surface area contributed by atoms with Gasteiger partial charge < -0.3 is 4.90 Å². The van der Waals surface area contributed by atoms with Crippen LogP contribution in [-0.2, 0) is 6.54 Å². The molecule has 1 saturated heterocycles. The molecule has 0 bridgehead atoms. The summed E-state index contributed by atoms with van der Waals surface area (Å²) in [4.78, 5) is 9.92. The van der Waals surface area contributed by atoms with Crippen LogP contribution in [0.15, 0.2) is 29.6 Å². The molecule has 22 heavy (non-hydrogen) atoms. The maximum absolute atomic E-state index is 4.82. The summed E-state index contributed by atoms with van der Waals surface area (Å²) < 4.78 is 0. The van der Waals surface area contributed by atoms with Gasteiger partial charge in [0.1, 0.15) is 5.01 Å². The average Bonchev–Trinajstić information content (AvgIpc) is 2.99. The van der Waals surface area contributed by atoms with E-state index in [1.54, 1.807) is 11.3 Å². The Hall–Kier alpha value is -1.23. The van der Waals surface area contributed by atoms with Gasteiger partial charge in [0, 0.05) is 43.7 Å². The molecule has 1 aromatic carbocycles. The van der Waals surface area contributed by atoms with Crippen LogP contribution in [0.3, 0.4) is 0 Å². The number of hydrogen-bond acceptors (Lipinski definition) is 4. The molecule has 4 heteroatoms. The molecule has 1 aromatic heterocycles. The van der Waals surface area contributed by atoms with E-state index in [4.69, 9.17) is 4.98 Å². The van der Waals surface area contributed by atoms with E-state index in [2.05, 4.69) is 53.3 Å². The summed E-state index contributed by atoms with van der Waals surface area (Å²) >= 11 is 1.76. The van der Waals surface area contributed by atoms with Crippen molar-refractivity contribution in [2.45, 2.75) is 26.8 Å². The molecule has 3 nitrogen and oxygen atoms in total. The van der Waals surface area contributed by atoms with Crippen LogP contribution in [0.4, 0.5) is 0 Å². The molecule has 2 heterocycles. The molecular weight excluding hydrogens is 290 g/mol. The van der Waals surface area contributed by atoms with Crippen molar-refractivity contribution in [3.8, 4) is 10.6 Å². The van der Waals surface area contributed by atoms with E-state index < -0.39 is 0 Å². The van der Waals surface area contributed by atoms with E-state index in [0.29, 0.717) is 0 Å². The van der Waals surface area contributed by atoms with Crippen molar-refractivity contribution in [3.05, 3.63) is 40.9 Å². The first-order chi connectivity index (χ1) is 10.7. The summed E-state index contributed by atoms with van der Waals surface area (Å²) in [6.45, 7) is 11.3. The Balaban J connectivity index is 1.57. The second kappa shape index (κ2) is 7.36. The van der Waals surface area contributed by atoms with Gasteiger partial charge in [-0.3, -0.25) is 4.90 Å². The first-order valence-corrected chi connectivity index (χ1v) is 9.08. The lowest BCUT2D eigenvalue weighted by Crippen LogP contribution is -2.46. The molecule has 0 radical (unpaired) electrons. The third kappa shape index (κ3) is 3.94. The van der Waals surface area contributed by atoms with Gasteiger partial charge in [-0.15, -0.1) is 11.3 Å². The SMILES string of the molecule is CCCN1CCN(Cc2csc(-c3ccc(C)cc3)n2)CC1. The van der Waals surface area contributed by atoms with Gasteiger partial charge in [-0.05, 0) is 19.9 Å². The highest BCUT2D eigenvalue weighted by atomic mass is 32.1. The minimum atomic E-state index is 0.988. The topological polar surface area (TPSA) is 19.4 Å². The van der Waals surface area contributed by atoms with Crippen molar-refractivity contribution in [3.63, 3.8) is 0 Å². The number of aromatic nitrogens is 1. The quantitative estimate of drug-likeness (QED) is 0.839. The number of thiazole rings is 1. The maximum atomic E-state index is 4.82. The number of aryl methyl sites for hydroxylation is 1. The van der Waals surface area contributed by atoms with Gasteiger partial charge in [0.25, 0.3) is 0 Å². The van der Waals surface area contributed by atoms with E-state index in [1.807, 2.05) is 0 Å². The summed E-state index contributed by atoms with van der Waals surface area (Å²) in [5.74, 6) is 0. The zero-order valence-corrected chi connectivity index (χ0v) is 14.4. The summed E-state index contributed by atoms with van der Waals surface area (Å²) in [6.07, 6.45) is 1.26. The maximum Gasteiger partial charge on any atom is 0.123 e. The molecule has 0 amide bonds. The molecule has 0 spiro atoms. The minimum Gasteiger partial charge on any atom is -0.301 e. The van der Waals surface area contributed by atoms with Gasteiger partial charge in [-0.1, -0.05) is 36.8 Å². The van der Waals surface area contributed by atoms with Gasteiger partial charge in [0.05, 0.1) is 5.69 Å². The summed E-state index contributed by atoms with van der Waals surface area (Å²) in [7, 11) is 0. The van der Waals surface area contributed by atoms with Gasteiger partial charge in [0.15, 0.2) is 0 Å². The molecule has 0 N–H and O–H groups in total. The molecule has 2 aromatic rings. The number of benzene rings is 1. The van der Waals surface area contributed by atoms with E-state index in [-0.39, 0.29) is 0 Å². The first-order valence-electron chi connectivity index (χ1n) is 8.21. The van der Waals surface area contributed by atoms with Gasteiger partial charge >= 0.3 is 0 Å². The van der Waals surface area contributed by atoms with E-state index in [9.17, 15) is 0 Å². The fourth-order valence-electron chi connectivity index (χ4n) is 2.92. The fraction of sp³-hybridized carbons (Fsp3) is 0.500. The predicted octanol–water partition coefficient (Wildman–Crippen LogP) is 3.65. The third-order valence-electron chi connectivity index (χ3n) is 4.24. The lowest BCUT2D eigenvalue weighted by atomic mass is 10.2. The smallest absolute Gasteiger partial charge is 0.123 e. The number of nitrogens with zero attached hydrogens (tertiary/aromatic N) is 3. The van der Waals surface area contributed by atoms with Crippen molar-refractivity contribution >= 4 is 11.3 Å². The van der Waals surface area contributed by atoms with Crippen LogP contribution >= 0.6 is 11.3 Å². The molecule has 1 aliphatic rings. The summed E-state index contributed by atoms with van der Waals surface area (Å²) in [5, 5.41) is 3.35. The van der Waals surface area contributed by atoms with Crippen molar-refractivity contribution in [1.82, 2.24) is 14.8 Å². The predicted molar refractivity (Wildman–Crippen MR) is 94.3 cm³/mol. The van der Waals surface area contributed by atoms with Crippen LogP contribution in [-0.4, -0.2) is 47.5 Å². The van der Waals surface area contributed by atoms with Crippen molar-refractivity contribution in [2.24, 2.45) is 0 Å². The van der Waals surface area contributed by atoms with Crippen LogP contribution in [0.2, 0.25) is 0 Å². The number of rotatable bonds is 5. The van der Waals surface area contributed by atoms with Crippen molar-refractivity contribution in [1.29, 1.82) is 0 Å². The minimum absolute atomic E-state index is 0.988. The van der Waals surface area contributed by atoms with Gasteiger partial charge in [-0.2, -0.15) is 0 Å². The Bertz CT molecular complexity index is 583. The van der Waals surface area contributed by atoms with Gasteiger partial charge in [0.2, 0.25) is 0 Å². The molecular formula is C18H25N3S.